The standard InChI is InChI=1S/C17H13ClN6S2/c18-15-14(20-23-26-15)11-25-17-22-21-16(13-7-4-8-19-9-13)24(17)10-12-5-2-1-3-6-12/h1-9H,10-11H2. The minimum Gasteiger partial charge on any atom is -0.297 e. The fourth-order valence-corrected chi connectivity index (χ4v) is 4.10. The van der Waals surface area contributed by atoms with Crippen LogP contribution in [0, 0.1) is 0 Å². The van der Waals surface area contributed by atoms with Gasteiger partial charge in [-0.05, 0) is 17.7 Å². The highest BCUT2D eigenvalue weighted by Gasteiger charge is 2.16. The van der Waals surface area contributed by atoms with Crippen LogP contribution in [-0.2, 0) is 12.3 Å². The third-order valence-corrected chi connectivity index (χ3v) is 5.63. The highest BCUT2D eigenvalue weighted by atomic mass is 35.5. The summed E-state index contributed by atoms with van der Waals surface area (Å²) in [7, 11) is 0. The minimum absolute atomic E-state index is 0.593. The van der Waals surface area contributed by atoms with E-state index in [4.69, 9.17) is 11.6 Å². The van der Waals surface area contributed by atoms with E-state index in [1.165, 1.54) is 17.1 Å². The molecule has 3 aromatic heterocycles. The molecule has 0 aliphatic heterocycles. The summed E-state index contributed by atoms with van der Waals surface area (Å²) < 4.78 is 6.57. The Bertz CT molecular complexity index is 987. The molecule has 0 amide bonds. The molecule has 0 saturated heterocycles. The monoisotopic (exact) mass is 400 g/mol. The SMILES string of the molecule is Clc1snnc1CSc1nnc(-c2cccnc2)n1Cc1ccccc1. The van der Waals surface area contributed by atoms with Crippen molar-refractivity contribution in [1.29, 1.82) is 0 Å². The summed E-state index contributed by atoms with van der Waals surface area (Å²) in [6.45, 7) is 0.670. The van der Waals surface area contributed by atoms with Crippen molar-refractivity contribution in [3.8, 4) is 11.4 Å². The van der Waals surface area contributed by atoms with Crippen molar-refractivity contribution >= 4 is 34.9 Å². The number of rotatable bonds is 6. The molecule has 26 heavy (non-hydrogen) atoms. The maximum Gasteiger partial charge on any atom is 0.192 e. The summed E-state index contributed by atoms with van der Waals surface area (Å²) >= 11 is 8.84. The van der Waals surface area contributed by atoms with E-state index in [0.717, 1.165) is 22.2 Å². The summed E-state index contributed by atoms with van der Waals surface area (Å²) in [6.07, 6.45) is 3.54. The molecule has 0 atom stereocenters. The van der Waals surface area contributed by atoms with Crippen LogP contribution in [0.2, 0.25) is 4.34 Å². The van der Waals surface area contributed by atoms with Crippen LogP contribution in [0.5, 0.6) is 0 Å². The van der Waals surface area contributed by atoms with Crippen LogP contribution in [0.4, 0.5) is 0 Å². The van der Waals surface area contributed by atoms with E-state index in [0.29, 0.717) is 16.6 Å². The van der Waals surface area contributed by atoms with Gasteiger partial charge in [0, 0.05) is 35.2 Å². The van der Waals surface area contributed by atoms with Crippen LogP contribution in [0.25, 0.3) is 11.4 Å². The molecule has 4 aromatic rings. The Morgan fingerprint density at radius 1 is 1.04 bits per heavy atom. The van der Waals surface area contributed by atoms with Crippen molar-refractivity contribution < 1.29 is 0 Å². The lowest BCUT2D eigenvalue weighted by Gasteiger charge is -2.10. The maximum atomic E-state index is 6.11. The Morgan fingerprint density at radius 2 is 1.92 bits per heavy atom. The van der Waals surface area contributed by atoms with Crippen molar-refractivity contribution in [1.82, 2.24) is 29.3 Å². The third-order valence-electron chi connectivity index (χ3n) is 3.67. The fourth-order valence-electron chi connectivity index (χ4n) is 2.43. The van der Waals surface area contributed by atoms with Gasteiger partial charge in [-0.1, -0.05) is 58.2 Å². The Morgan fingerprint density at radius 3 is 2.65 bits per heavy atom. The molecule has 0 bridgehead atoms. The fraction of sp³-hybridized carbons (Fsp3) is 0.118. The molecule has 4 rings (SSSR count). The largest absolute Gasteiger partial charge is 0.297 e. The summed E-state index contributed by atoms with van der Waals surface area (Å²) in [4.78, 5) is 4.19. The lowest BCUT2D eigenvalue weighted by molar-refractivity contribution is 0.714. The van der Waals surface area contributed by atoms with Gasteiger partial charge in [-0.2, -0.15) is 0 Å². The Hall–Kier alpha value is -2.29. The van der Waals surface area contributed by atoms with Crippen molar-refractivity contribution in [2.45, 2.75) is 17.5 Å². The number of thioether (sulfide) groups is 1. The maximum absolute atomic E-state index is 6.11. The van der Waals surface area contributed by atoms with Gasteiger partial charge in [0.25, 0.3) is 0 Å². The molecule has 0 radical (unpaired) electrons. The number of hydrogen-bond donors (Lipinski definition) is 0. The number of nitrogens with zero attached hydrogens (tertiary/aromatic N) is 6. The third kappa shape index (κ3) is 3.77. The van der Waals surface area contributed by atoms with Crippen LogP contribution in [0.3, 0.4) is 0 Å². The molecule has 0 aliphatic rings. The van der Waals surface area contributed by atoms with Crippen LogP contribution in [0.15, 0.2) is 60.0 Å². The summed E-state index contributed by atoms with van der Waals surface area (Å²) in [5.41, 5.74) is 2.86. The summed E-state index contributed by atoms with van der Waals surface area (Å²) in [5.74, 6) is 1.38. The van der Waals surface area contributed by atoms with E-state index in [2.05, 4.69) is 41.5 Å². The van der Waals surface area contributed by atoms with Crippen molar-refractivity contribution in [3.63, 3.8) is 0 Å². The van der Waals surface area contributed by atoms with Gasteiger partial charge in [0.2, 0.25) is 0 Å². The number of halogens is 1. The first-order valence-electron chi connectivity index (χ1n) is 7.78. The van der Waals surface area contributed by atoms with Crippen molar-refractivity contribution in [2.75, 3.05) is 0 Å². The number of hydrogen-bond acceptors (Lipinski definition) is 7. The first-order chi connectivity index (χ1) is 12.8. The lowest BCUT2D eigenvalue weighted by Crippen LogP contribution is -2.04. The van der Waals surface area contributed by atoms with Crippen LogP contribution in [-0.4, -0.2) is 29.3 Å². The molecule has 0 saturated carbocycles. The zero-order valence-corrected chi connectivity index (χ0v) is 15.9. The van der Waals surface area contributed by atoms with E-state index >= 15 is 0 Å². The molecule has 130 valence electrons. The average molecular weight is 401 g/mol. The van der Waals surface area contributed by atoms with E-state index in [-0.39, 0.29) is 0 Å². The predicted octanol–water partition coefficient (Wildman–Crippen LogP) is 4.19. The average Bonchev–Trinajstić information content (AvgIpc) is 3.27. The molecular weight excluding hydrogens is 388 g/mol. The van der Waals surface area contributed by atoms with Crippen molar-refractivity contribution in [2.24, 2.45) is 0 Å². The predicted molar refractivity (Wildman–Crippen MR) is 103 cm³/mol. The number of aromatic nitrogens is 6. The van der Waals surface area contributed by atoms with Gasteiger partial charge in [0.1, 0.15) is 10.0 Å². The van der Waals surface area contributed by atoms with E-state index < -0.39 is 0 Å². The number of pyridine rings is 1. The molecule has 3 heterocycles. The zero-order chi connectivity index (χ0) is 17.8. The van der Waals surface area contributed by atoms with Gasteiger partial charge in [-0.15, -0.1) is 15.3 Å². The molecular formula is C17H13ClN6S2. The first kappa shape index (κ1) is 17.1. The van der Waals surface area contributed by atoms with Gasteiger partial charge in [-0.3, -0.25) is 9.55 Å². The molecule has 0 N–H and O–H groups in total. The molecule has 0 unspecified atom stereocenters. The second-order valence-corrected chi connectivity index (χ2v) is 7.70. The topological polar surface area (TPSA) is 69.4 Å². The Balaban J connectivity index is 1.67. The smallest absolute Gasteiger partial charge is 0.192 e. The second kappa shape index (κ2) is 7.94. The Labute approximate surface area is 163 Å². The molecule has 6 nitrogen and oxygen atoms in total. The van der Waals surface area contributed by atoms with Crippen LogP contribution < -0.4 is 0 Å². The van der Waals surface area contributed by atoms with Crippen LogP contribution >= 0.6 is 34.9 Å². The van der Waals surface area contributed by atoms with Crippen molar-refractivity contribution in [3.05, 3.63) is 70.5 Å². The lowest BCUT2D eigenvalue weighted by atomic mass is 10.2. The highest BCUT2D eigenvalue weighted by Crippen LogP contribution is 2.29. The Kier molecular flexibility index (Phi) is 5.24. The van der Waals surface area contributed by atoms with Gasteiger partial charge >= 0.3 is 0 Å². The quantitative estimate of drug-likeness (QED) is 0.452. The normalized spacial score (nSPS) is 11.0. The van der Waals surface area contributed by atoms with E-state index in [1.54, 1.807) is 24.2 Å². The summed E-state index contributed by atoms with van der Waals surface area (Å²) in [6, 6.07) is 14.1. The molecule has 9 heteroatoms. The summed E-state index contributed by atoms with van der Waals surface area (Å²) in [5, 5.41) is 13.6. The van der Waals surface area contributed by atoms with Gasteiger partial charge < -0.3 is 0 Å². The van der Waals surface area contributed by atoms with Crippen LogP contribution in [0.1, 0.15) is 11.3 Å². The zero-order valence-electron chi connectivity index (χ0n) is 13.5. The minimum atomic E-state index is 0.593. The molecule has 0 aliphatic carbocycles. The van der Waals surface area contributed by atoms with Gasteiger partial charge in [0.15, 0.2) is 11.0 Å². The molecule has 0 fully saturated rings. The molecule has 0 spiro atoms. The molecule has 1 aromatic carbocycles. The number of benzene rings is 1. The van der Waals surface area contributed by atoms with E-state index in [9.17, 15) is 0 Å². The second-order valence-electron chi connectivity index (χ2n) is 5.40. The first-order valence-corrected chi connectivity index (χ1v) is 9.92. The highest BCUT2D eigenvalue weighted by molar-refractivity contribution is 7.98. The van der Waals surface area contributed by atoms with Gasteiger partial charge in [0.05, 0.1) is 6.54 Å². The van der Waals surface area contributed by atoms with E-state index in [1.807, 2.05) is 30.3 Å². The van der Waals surface area contributed by atoms with Gasteiger partial charge in [-0.25, -0.2) is 0 Å².